The number of hydrogen-bond donors (Lipinski definition) is 2. The van der Waals surface area contributed by atoms with Crippen molar-refractivity contribution in [3.8, 4) is 5.75 Å². The maximum Gasteiger partial charge on any atom is 0.191 e. The zero-order valence-electron chi connectivity index (χ0n) is 18.0. The molecule has 2 aromatic rings. The highest BCUT2D eigenvalue weighted by atomic mass is 16.5. The SMILES string of the molecule is CCNC(=NCc1ccccc1OCCN(CC)CC)NCCc1ccccn1. The van der Waals surface area contributed by atoms with Crippen molar-refractivity contribution in [2.75, 3.05) is 39.3 Å². The lowest BCUT2D eigenvalue weighted by molar-refractivity contribution is 0.221. The van der Waals surface area contributed by atoms with E-state index in [2.05, 4.69) is 47.4 Å². The summed E-state index contributed by atoms with van der Waals surface area (Å²) < 4.78 is 6.04. The molecule has 1 aromatic carbocycles. The van der Waals surface area contributed by atoms with Crippen molar-refractivity contribution in [1.29, 1.82) is 0 Å². The van der Waals surface area contributed by atoms with Gasteiger partial charge in [0.15, 0.2) is 5.96 Å². The molecule has 0 saturated heterocycles. The lowest BCUT2D eigenvalue weighted by Crippen LogP contribution is -2.38. The van der Waals surface area contributed by atoms with Crippen molar-refractivity contribution >= 4 is 5.96 Å². The van der Waals surface area contributed by atoms with E-state index in [4.69, 9.17) is 9.73 Å². The van der Waals surface area contributed by atoms with Crippen LogP contribution in [0.25, 0.3) is 0 Å². The summed E-state index contributed by atoms with van der Waals surface area (Å²) >= 11 is 0. The molecule has 0 aliphatic rings. The molecule has 0 fully saturated rings. The molecule has 0 aliphatic heterocycles. The molecular weight excluding hydrogens is 362 g/mol. The molecule has 0 aliphatic carbocycles. The molecule has 29 heavy (non-hydrogen) atoms. The quantitative estimate of drug-likeness (QED) is 0.426. The van der Waals surface area contributed by atoms with E-state index in [9.17, 15) is 0 Å². The molecule has 2 N–H and O–H groups in total. The van der Waals surface area contributed by atoms with Crippen molar-refractivity contribution < 1.29 is 4.74 Å². The number of rotatable bonds is 12. The van der Waals surface area contributed by atoms with Crippen LogP contribution in [0.5, 0.6) is 5.75 Å². The van der Waals surface area contributed by atoms with Crippen LogP contribution in [0.2, 0.25) is 0 Å². The molecule has 0 spiro atoms. The fourth-order valence-electron chi connectivity index (χ4n) is 2.96. The van der Waals surface area contributed by atoms with E-state index in [1.807, 2.05) is 42.6 Å². The van der Waals surface area contributed by atoms with Gasteiger partial charge in [-0.25, -0.2) is 4.99 Å². The Morgan fingerprint density at radius 2 is 1.83 bits per heavy atom. The Bertz CT molecular complexity index is 716. The zero-order valence-corrected chi connectivity index (χ0v) is 18.0. The van der Waals surface area contributed by atoms with Crippen LogP contribution >= 0.6 is 0 Å². The number of para-hydroxylation sites is 1. The number of ether oxygens (including phenoxy) is 1. The predicted octanol–water partition coefficient (Wildman–Crippen LogP) is 3.10. The van der Waals surface area contributed by atoms with E-state index in [1.54, 1.807) is 0 Å². The number of pyridine rings is 1. The Kier molecular flexibility index (Phi) is 10.6. The first kappa shape index (κ1) is 22.7. The van der Waals surface area contributed by atoms with Crippen molar-refractivity contribution in [2.24, 2.45) is 4.99 Å². The van der Waals surface area contributed by atoms with Crippen LogP contribution in [0, 0.1) is 0 Å². The number of aliphatic imine (C=N–C) groups is 1. The maximum absolute atomic E-state index is 6.04. The summed E-state index contributed by atoms with van der Waals surface area (Å²) in [4.78, 5) is 11.5. The smallest absolute Gasteiger partial charge is 0.191 e. The van der Waals surface area contributed by atoms with E-state index in [1.165, 1.54) is 0 Å². The second kappa shape index (κ2) is 13.6. The van der Waals surface area contributed by atoms with Gasteiger partial charge in [0, 0.05) is 43.5 Å². The molecule has 6 nitrogen and oxygen atoms in total. The van der Waals surface area contributed by atoms with E-state index < -0.39 is 0 Å². The highest BCUT2D eigenvalue weighted by Crippen LogP contribution is 2.18. The minimum atomic E-state index is 0.570. The largest absolute Gasteiger partial charge is 0.492 e. The van der Waals surface area contributed by atoms with Gasteiger partial charge in [0.2, 0.25) is 0 Å². The molecule has 6 heteroatoms. The average molecular weight is 398 g/mol. The molecule has 158 valence electrons. The number of aromatic nitrogens is 1. The minimum Gasteiger partial charge on any atom is -0.492 e. The van der Waals surface area contributed by atoms with E-state index in [0.717, 1.165) is 62.1 Å². The van der Waals surface area contributed by atoms with E-state index in [0.29, 0.717) is 13.2 Å². The lowest BCUT2D eigenvalue weighted by Gasteiger charge is -2.19. The van der Waals surface area contributed by atoms with Crippen LogP contribution in [-0.2, 0) is 13.0 Å². The average Bonchev–Trinajstić information content (AvgIpc) is 2.76. The Hall–Kier alpha value is -2.60. The first-order valence-corrected chi connectivity index (χ1v) is 10.6. The molecule has 1 heterocycles. The molecule has 1 aromatic heterocycles. The second-order valence-corrected chi connectivity index (χ2v) is 6.68. The van der Waals surface area contributed by atoms with Crippen LogP contribution in [0.15, 0.2) is 53.7 Å². The monoisotopic (exact) mass is 397 g/mol. The standard InChI is InChI=1S/C23H35N5O/c1-4-24-23(26-16-14-21-12-9-10-15-25-21)27-19-20-11-7-8-13-22(20)29-18-17-28(5-2)6-3/h7-13,15H,4-6,14,16-19H2,1-3H3,(H2,24,26,27). The Balaban J connectivity index is 1.90. The first-order valence-electron chi connectivity index (χ1n) is 10.6. The van der Waals surface area contributed by atoms with Gasteiger partial charge in [0.05, 0.1) is 6.54 Å². The van der Waals surface area contributed by atoms with Crippen molar-refractivity contribution in [3.63, 3.8) is 0 Å². The van der Waals surface area contributed by atoms with Crippen LogP contribution in [0.1, 0.15) is 32.0 Å². The fraction of sp³-hybridized carbons (Fsp3) is 0.478. The third kappa shape index (κ3) is 8.52. The van der Waals surface area contributed by atoms with Gasteiger partial charge in [0.1, 0.15) is 12.4 Å². The van der Waals surface area contributed by atoms with Crippen molar-refractivity contribution in [3.05, 3.63) is 59.9 Å². The fourth-order valence-corrected chi connectivity index (χ4v) is 2.96. The topological polar surface area (TPSA) is 61.8 Å². The highest BCUT2D eigenvalue weighted by Gasteiger charge is 2.05. The molecule has 0 amide bonds. The van der Waals surface area contributed by atoms with Crippen LogP contribution in [0.4, 0.5) is 0 Å². The number of likely N-dealkylation sites (N-methyl/N-ethyl adjacent to an activating group) is 1. The number of benzene rings is 1. The summed E-state index contributed by atoms with van der Waals surface area (Å²) in [7, 11) is 0. The van der Waals surface area contributed by atoms with Gasteiger partial charge in [-0.15, -0.1) is 0 Å². The Labute approximate surface area is 175 Å². The molecular formula is C23H35N5O. The van der Waals surface area contributed by atoms with Gasteiger partial charge in [-0.2, -0.15) is 0 Å². The van der Waals surface area contributed by atoms with Gasteiger partial charge in [-0.1, -0.05) is 38.1 Å². The molecule has 0 radical (unpaired) electrons. The maximum atomic E-state index is 6.04. The Morgan fingerprint density at radius 3 is 2.55 bits per heavy atom. The first-order chi connectivity index (χ1) is 14.3. The zero-order chi connectivity index (χ0) is 20.7. The lowest BCUT2D eigenvalue weighted by atomic mass is 10.2. The normalized spacial score (nSPS) is 11.5. The highest BCUT2D eigenvalue weighted by molar-refractivity contribution is 5.79. The summed E-state index contributed by atoms with van der Waals surface area (Å²) in [6, 6.07) is 14.1. The van der Waals surface area contributed by atoms with Gasteiger partial charge in [-0.3, -0.25) is 4.98 Å². The molecule has 0 atom stereocenters. The van der Waals surface area contributed by atoms with Gasteiger partial charge < -0.3 is 20.3 Å². The summed E-state index contributed by atoms with van der Waals surface area (Å²) in [6.07, 6.45) is 2.68. The number of nitrogens with one attached hydrogen (secondary N) is 2. The van der Waals surface area contributed by atoms with E-state index in [-0.39, 0.29) is 0 Å². The molecule has 0 unspecified atom stereocenters. The summed E-state index contributed by atoms with van der Waals surface area (Å²) in [6.45, 7) is 12.3. The minimum absolute atomic E-state index is 0.570. The van der Waals surface area contributed by atoms with E-state index >= 15 is 0 Å². The van der Waals surface area contributed by atoms with Gasteiger partial charge in [0.25, 0.3) is 0 Å². The molecule has 0 saturated carbocycles. The number of nitrogens with zero attached hydrogens (tertiary/aromatic N) is 3. The predicted molar refractivity (Wildman–Crippen MR) is 120 cm³/mol. The van der Waals surface area contributed by atoms with Crippen LogP contribution in [-0.4, -0.2) is 55.2 Å². The van der Waals surface area contributed by atoms with Crippen LogP contribution in [0.3, 0.4) is 0 Å². The van der Waals surface area contributed by atoms with Crippen molar-refractivity contribution in [2.45, 2.75) is 33.7 Å². The third-order valence-corrected chi connectivity index (χ3v) is 4.68. The van der Waals surface area contributed by atoms with Gasteiger partial charge in [-0.05, 0) is 38.2 Å². The Morgan fingerprint density at radius 1 is 1.03 bits per heavy atom. The number of hydrogen-bond acceptors (Lipinski definition) is 4. The van der Waals surface area contributed by atoms with Crippen molar-refractivity contribution in [1.82, 2.24) is 20.5 Å². The third-order valence-electron chi connectivity index (χ3n) is 4.68. The van der Waals surface area contributed by atoms with Crippen LogP contribution < -0.4 is 15.4 Å². The summed E-state index contributed by atoms with van der Waals surface area (Å²) in [5, 5.41) is 6.69. The molecule has 0 bridgehead atoms. The summed E-state index contributed by atoms with van der Waals surface area (Å²) in [5.41, 5.74) is 2.16. The number of guanidine groups is 1. The summed E-state index contributed by atoms with van der Waals surface area (Å²) in [5.74, 6) is 1.72. The van der Waals surface area contributed by atoms with Gasteiger partial charge >= 0.3 is 0 Å². The second-order valence-electron chi connectivity index (χ2n) is 6.68. The molecule has 2 rings (SSSR count).